The van der Waals surface area contributed by atoms with E-state index in [1.807, 2.05) is 18.0 Å². The second-order valence-electron chi connectivity index (χ2n) is 6.93. The average molecular weight is 347 g/mol. The van der Waals surface area contributed by atoms with Crippen LogP contribution in [-0.4, -0.2) is 70.0 Å². The van der Waals surface area contributed by atoms with Gasteiger partial charge in [-0.25, -0.2) is 0 Å². The second-order valence-corrected chi connectivity index (χ2v) is 6.93. The van der Waals surface area contributed by atoms with Crippen LogP contribution in [0.4, 0.5) is 5.69 Å². The quantitative estimate of drug-likeness (QED) is 0.839. The lowest BCUT2D eigenvalue weighted by atomic mass is 9.96. The van der Waals surface area contributed by atoms with Crippen LogP contribution < -0.4 is 10.2 Å². The van der Waals surface area contributed by atoms with Gasteiger partial charge in [-0.05, 0) is 31.0 Å². The molecule has 2 aliphatic heterocycles. The van der Waals surface area contributed by atoms with Gasteiger partial charge in [0.25, 0.3) is 0 Å². The summed E-state index contributed by atoms with van der Waals surface area (Å²) in [5.74, 6) is 0.114. The zero-order chi connectivity index (χ0) is 17.7. The number of methoxy groups -OCH3 is 1. The molecule has 1 amide bonds. The number of hydrogen-bond acceptors (Lipinski definition) is 5. The highest BCUT2D eigenvalue weighted by Crippen LogP contribution is 2.26. The molecule has 6 nitrogen and oxygen atoms in total. The summed E-state index contributed by atoms with van der Waals surface area (Å²) in [6.45, 7) is 5.18. The molecule has 0 aromatic heterocycles. The van der Waals surface area contributed by atoms with E-state index in [0.717, 1.165) is 45.7 Å². The average Bonchev–Trinajstić information content (AvgIpc) is 3.12. The molecule has 3 rings (SSSR count). The maximum atomic E-state index is 13.1. The summed E-state index contributed by atoms with van der Waals surface area (Å²) >= 11 is 0. The van der Waals surface area contributed by atoms with Gasteiger partial charge in [0.05, 0.1) is 19.8 Å². The smallest absolute Gasteiger partial charge is 0.245 e. The molecule has 0 aliphatic carbocycles. The van der Waals surface area contributed by atoms with Gasteiger partial charge in [0.15, 0.2) is 0 Å². The van der Waals surface area contributed by atoms with Crippen molar-refractivity contribution in [3.8, 4) is 0 Å². The lowest BCUT2D eigenvalue weighted by Crippen LogP contribution is -2.56. The Bertz CT molecular complexity index is 581. The van der Waals surface area contributed by atoms with Crippen LogP contribution in [0.5, 0.6) is 0 Å². The van der Waals surface area contributed by atoms with Crippen molar-refractivity contribution in [1.82, 2.24) is 10.2 Å². The van der Waals surface area contributed by atoms with Crippen LogP contribution in [0.2, 0.25) is 0 Å². The number of nitrogens with zero attached hydrogens (tertiary/aromatic N) is 2. The SMILES string of the molecule is COCC1(C(=O)N(C)Cc2ccccc2N2CCOCC2)CCCN1. The van der Waals surface area contributed by atoms with E-state index in [2.05, 4.69) is 28.4 Å². The Hall–Kier alpha value is -1.63. The van der Waals surface area contributed by atoms with E-state index in [4.69, 9.17) is 9.47 Å². The number of morpholine rings is 1. The number of hydrogen-bond donors (Lipinski definition) is 1. The Morgan fingerprint density at radius 1 is 1.36 bits per heavy atom. The molecule has 25 heavy (non-hydrogen) atoms. The third-order valence-electron chi connectivity index (χ3n) is 5.14. The van der Waals surface area contributed by atoms with E-state index in [1.54, 1.807) is 7.11 Å². The van der Waals surface area contributed by atoms with Crippen molar-refractivity contribution in [1.29, 1.82) is 0 Å². The number of anilines is 1. The highest BCUT2D eigenvalue weighted by molar-refractivity contribution is 5.87. The molecule has 138 valence electrons. The fraction of sp³-hybridized carbons (Fsp3) is 0.632. The molecular formula is C19H29N3O3. The van der Waals surface area contributed by atoms with E-state index in [-0.39, 0.29) is 5.91 Å². The number of likely N-dealkylation sites (N-methyl/N-ethyl adjacent to an activating group) is 1. The molecule has 2 heterocycles. The van der Waals surface area contributed by atoms with Crippen molar-refractivity contribution < 1.29 is 14.3 Å². The summed E-state index contributed by atoms with van der Waals surface area (Å²) in [4.78, 5) is 17.3. The third-order valence-corrected chi connectivity index (χ3v) is 5.14. The zero-order valence-electron chi connectivity index (χ0n) is 15.3. The molecule has 0 bridgehead atoms. The van der Waals surface area contributed by atoms with Gasteiger partial charge in [-0.1, -0.05) is 18.2 Å². The Labute approximate surface area is 150 Å². The normalized spacial score (nSPS) is 23.7. The third kappa shape index (κ3) is 3.97. The van der Waals surface area contributed by atoms with Gasteiger partial charge in [-0.3, -0.25) is 4.79 Å². The lowest BCUT2D eigenvalue weighted by Gasteiger charge is -2.34. The van der Waals surface area contributed by atoms with Gasteiger partial charge in [0, 0.05) is 39.5 Å². The number of para-hydroxylation sites is 1. The predicted molar refractivity (Wildman–Crippen MR) is 97.8 cm³/mol. The Morgan fingerprint density at radius 2 is 2.12 bits per heavy atom. The van der Waals surface area contributed by atoms with Crippen LogP contribution >= 0.6 is 0 Å². The van der Waals surface area contributed by atoms with Gasteiger partial charge < -0.3 is 24.6 Å². The predicted octanol–water partition coefficient (Wildman–Crippen LogP) is 1.25. The zero-order valence-corrected chi connectivity index (χ0v) is 15.3. The largest absolute Gasteiger partial charge is 0.382 e. The van der Waals surface area contributed by atoms with Crippen molar-refractivity contribution in [2.45, 2.75) is 24.9 Å². The van der Waals surface area contributed by atoms with Gasteiger partial charge in [-0.2, -0.15) is 0 Å². The monoisotopic (exact) mass is 347 g/mol. The molecule has 1 atom stereocenters. The minimum absolute atomic E-state index is 0.114. The van der Waals surface area contributed by atoms with Crippen LogP contribution in [-0.2, 0) is 20.8 Å². The first-order valence-electron chi connectivity index (χ1n) is 9.06. The van der Waals surface area contributed by atoms with Gasteiger partial charge in [0.1, 0.15) is 5.54 Å². The fourth-order valence-electron chi connectivity index (χ4n) is 3.87. The topological polar surface area (TPSA) is 54.0 Å². The number of ether oxygens (including phenoxy) is 2. The van der Waals surface area contributed by atoms with E-state index >= 15 is 0 Å². The maximum absolute atomic E-state index is 13.1. The molecule has 0 spiro atoms. The molecule has 2 saturated heterocycles. The number of carbonyl (C=O) groups is 1. The summed E-state index contributed by atoms with van der Waals surface area (Å²) in [6.07, 6.45) is 1.84. The number of rotatable bonds is 6. The molecule has 1 aromatic carbocycles. The molecule has 1 unspecified atom stereocenters. The fourth-order valence-corrected chi connectivity index (χ4v) is 3.87. The van der Waals surface area contributed by atoms with Crippen molar-refractivity contribution in [2.24, 2.45) is 0 Å². The Kier molecular flexibility index (Phi) is 5.93. The van der Waals surface area contributed by atoms with Crippen LogP contribution in [0.1, 0.15) is 18.4 Å². The Morgan fingerprint density at radius 3 is 2.80 bits per heavy atom. The summed E-state index contributed by atoms with van der Waals surface area (Å²) in [7, 11) is 3.54. The van der Waals surface area contributed by atoms with Crippen molar-refractivity contribution in [3.63, 3.8) is 0 Å². The van der Waals surface area contributed by atoms with Crippen molar-refractivity contribution in [2.75, 3.05) is 58.5 Å². The van der Waals surface area contributed by atoms with Crippen LogP contribution in [0.25, 0.3) is 0 Å². The molecule has 1 aromatic rings. The first kappa shape index (κ1) is 18.2. The van der Waals surface area contributed by atoms with Gasteiger partial charge in [0.2, 0.25) is 5.91 Å². The summed E-state index contributed by atoms with van der Waals surface area (Å²) < 4.78 is 10.8. The molecule has 2 aliphatic rings. The van der Waals surface area contributed by atoms with E-state index < -0.39 is 5.54 Å². The number of carbonyl (C=O) groups excluding carboxylic acids is 1. The van der Waals surface area contributed by atoms with Gasteiger partial charge >= 0.3 is 0 Å². The lowest BCUT2D eigenvalue weighted by molar-refractivity contribution is -0.139. The van der Waals surface area contributed by atoms with Crippen LogP contribution in [0.15, 0.2) is 24.3 Å². The second kappa shape index (κ2) is 8.17. The van der Waals surface area contributed by atoms with E-state index in [9.17, 15) is 4.79 Å². The highest BCUT2D eigenvalue weighted by Gasteiger charge is 2.42. The molecule has 0 saturated carbocycles. The number of nitrogens with one attached hydrogen (secondary N) is 1. The van der Waals surface area contributed by atoms with E-state index in [1.165, 1.54) is 11.3 Å². The van der Waals surface area contributed by atoms with Gasteiger partial charge in [-0.15, -0.1) is 0 Å². The van der Waals surface area contributed by atoms with Crippen LogP contribution in [0.3, 0.4) is 0 Å². The Balaban J connectivity index is 1.74. The minimum Gasteiger partial charge on any atom is -0.382 e. The molecular weight excluding hydrogens is 318 g/mol. The molecule has 0 radical (unpaired) electrons. The number of benzene rings is 1. The standard InChI is InChI=1S/C19H29N3O3/c1-21(18(23)19(15-24-2)8-5-9-20-19)14-16-6-3-4-7-17(16)22-10-12-25-13-11-22/h3-4,6-7,20H,5,8-15H2,1-2H3. The molecule has 2 fully saturated rings. The first-order valence-corrected chi connectivity index (χ1v) is 9.06. The van der Waals surface area contributed by atoms with E-state index in [0.29, 0.717) is 13.2 Å². The highest BCUT2D eigenvalue weighted by atomic mass is 16.5. The summed E-state index contributed by atoms with van der Waals surface area (Å²) in [5.41, 5.74) is 1.80. The molecule has 6 heteroatoms. The number of amides is 1. The first-order chi connectivity index (χ1) is 12.2. The maximum Gasteiger partial charge on any atom is 0.245 e. The van der Waals surface area contributed by atoms with Crippen molar-refractivity contribution >= 4 is 11.6 Å². The van der Waals surface area contributed by atoms with Crippen molar-refractivity contribution in [3.05, 3.63) is 29.8 Å². The summed E-state index contributed by atoms with van der Waals surface area (Å²) in [6, 6.07) is 8.34. The van der Waals surface area contributed by atoms with Crippen LogP contribution in [0, 0.1) is 0 Å². The summed E-state index contributed by atoms with van der Waals surface area (Å²) in [5, 5.41) is 3.37. The minimum atomic E-state index is -0.572. The molecule has 1 N–H and O–H groups in total.